The third-order valence-electron chi connectivity index (χ3n) is 5.38. The number of carbonyl (C=O) groups is 1. The number of nitrogens with zero attached hydrogens (tertiary/aromatic N) is 3. The molecule has 2 atom stereocenters. The zero-order valence-electron chi connectivity index (χ0n) is 20.0. The van der Waals surface area contributed by atoms with Crippen molar-refractivity contribution in [3.8, 4) is 0 Å². The maximum absolute atomic E-state index is 12.4. The van der Waals surface area contributed by atoms with Gasteiger partial charge >= 0.3 is 6.09 Å². The van der Waals surface area contributed by atoms with Gasteiger partial charge in [-0.2, -0.15) is 0 Å². The first-order valence-corrected chi connectivity index (χ1v) is 11.4. The van der Waals surface area contributed by atoms with Gasteiger partial charge in [-0.3, -0.25) is 4.99 Å². The SMILES string of the molecule is CCNC(=NCC1CCCN(C(=O)OC(C)(C)C)C1)N1CCC(COCCOC)C1.I. The summed E-state index contributed by atoms with van der Waals surface area (Å²) in [6, 6.07) is 0. The summed E-state index contributed by atoms with van der Waals surface area (Å²) in [6.45, 7) is 14.9. The zero-order valence-corrected chi connectivity index (χ0v) is 22.4. The van der Waals surface area contributed by atoms with Gasteiger partial charge in [0.2, 0.25) is 0 Å². The van der Waals surface area contributed by atoms with E-state index in [2.05, 4.69) is 17.1 Å². The summed E-state index contributed by atoms with van der Waals surface area (Å²) in [5, 5.41) is 3.44. The molecular formula is C22H43IN4O4. The number of aliphatic imine (C=N–C) groups is 1. The molecule has 182 valence electrons. The van der Waals surface area contributed by atoms with Crippen LogP contribution in [-0.2, 0) is 14.2 Å². The van der Waals surface area contributed by atoms with Gasteiger partial charge < -0.3 is 29.3 Å². The van der Waals surface area contributed by atoms with Crippen molar-refractivity contribution < 1.29 is 19.0 Å². The standard InChI is InChI=1S/C22H42N4O4.HI/c1-6-23-20(25-11-9-19(16-25)17-29-13-12-28-5)24-14-18-8-7-10-26(15-18)21(27)30-22(2,3)4;/h18-19H,6-17H2,1-5H3,(H,23,24);1H. The van der Waals surface area contributed by atoms with Crippen molar-refractivity contribution in [3.05, 3.63) is 0 Å². The first kappa shape index (κ1) is 28.2. The molecule has 2 saturated heterocycles. The second-order valence-corrected chi connectivity index (χ2v) is 9.30. The highest BCUT2D eigenvalue weighted by Crippen LogP contribution is 2.21. The van der Waals surface area contributed by atoms with E-state index >= 15 is 0 Å². The number of ether oxygens (including phenoxy) is 3. The molecule has 2 unspecified atom stereocenters. The summed E-state index contributed by atoms with van der Waals surface area (Å²) in [4.78, 5) is 21.5. The number of carbonyl (C=O) groups excluding carboxylic acids is 1. The Morgan fingerprint density at radius 2 is 1.84 bits per heavy atom. The Morgan fingerprint density at radius 1 is 1.10 bits per heavy atom. The molecule has 0 aromatic heterocycles. The molecule has 2 aliphatic heterocycles. The van der Waals surface area contributed by atoms with Crippen molar-refractivity contribution in [1.82, 2.24) is 15.1 Å². The largest absolute Gasteiger partial charge is 0.444 e. The van der Waals surface area contributed by atoms with Crippen molar-refractivity contribution >= 4 is 36.0 Å². The lowest BCUT2D eigenvalue weighted by atomic mass is 9.98. The molecule has 0 aromatic carbocycles. The minimum atomic E-state index is -0.458. The van der Waals surface area contributed by atoms with Crippen LogP contribution in [0.2, 0.25) is 0 Å². The molecule has 2 fully saturated rings. The summed E-state index contributed by atoms with van der Waals surface area (Å²) in [7, 11) is 1.69. The number of nitrogens with one attached hydrogen (secondary N) is 1. The van der Waals surface area contributed by atoms with Crippen LogP contribution < -0.4 is 5.32 Å². The minimum absolute atomic E-state index is 0. The Kier molecular flexibility index (Phi) is 13.1. The fraction of sp³-hybridized carbons (Fsp3) is 0.909. The number of methoxy groups -OCH3 is 1. The number of rotatable bonds is 8. The second-order valence-electron chi connectivity index (χ2n) is 9.30. The van der Waals surface area contributed by atoms with Crippen molar-refractivity contribution in [2.75, 3.05) is 66.2 Å². The summed E-state index contributed by atoms with van der Waals surface area (Å²) in [5.41, 5.74) is -0.458. The Morgan fingerprint density at radius 3 is 2.52 bits per heavy atom. The Labute approximate surface area is 205 Å². The molecule has 2 aliphatic rings. The fourth-order valence-corrected chi connectivity index (χ4v) is 3.90. The van der Waals surface area contributed by atoms with Crippen molar-refractivity contribution in [2.45, 2.75) is 52.6 Å². The third-order valence-corrected chi connectivity index (χ3v) is 5.38. The van der Waals surface area contributed by atoms with Crippen LogP contribution in [0.4, 0.5) is 4.79 Å². The Bertz CT molecular complexity index is 556. The molecule has 0 spiro atoms. The normalized spacial score (nSPS) is 22.3. The van der Waals surface area contributed by atoms with Crippen molar-refractivity contribution in [1.29, 1.82) is 0 Å². The lowest BCUT2D eigenvalue weighted by Gasteiger charge is -2.33. The lowest BCUT2D eigenvalue weighted by molar-refractivity contribution is 0.0170. The molecule has 9 heteroatoms. The van der Waals surface area contributed by atoms with Crippen LogP contribution in [-0.4, -0.2) is 93.7 Å². The van der Waals surface area contributed by atoms with Crippen LogP contribution >= 0.6 is 24.0 Å². The van der Waals surface area contributed by atoms with Gasteiger partial charge in [0.05, 0.1) is 19.8 Å². The molecule has 0 bridgehead atoms. The van der Waals surface area contributed by atoms with Crippen LogP contribution in [0, 0.1) is 11.8 Å². The molecule has 31 heavy (non-hydrogen) atoms. The average Bonchev–Trinajstić information content (AvgIpc) is 3.16. The number of guanidine groups is 1. The Hall–Kier alpha value is -0.810. The van der Waals surface area contributed by atoms with Crippen LogP contribution in [0.5, 0.6) is 0 Å². The monoisotopic (exact) mass is 554 g/mol. The molecule has 1 N–H and O–H groups in total. The molecule has 1 amide bonds. The summed E-state index contributed by atoms with van der Waals surface area (Å²) >= 11 is 0. The van der Waals surface area contributed by atoms with Gasteiger partial charge in [-0.1, -0.05) is 0 Å². The number of likely N-dealkylation sites (tertiary alicyclic amines) is 2. The van der Waals surface area contributed by atoms with E-state index in [1.54, 1.807) is 7.11 Å². The van der Waals surface area contributed by atoms with Crippen molar-refractivity contribution in [2.24, 2.45) is 16.8 Å². The number of hydrogen-bond acceptors (Lipinski definition) is 5. The van der Waals surface area contributed by atoms with E-state index in [1.807, 2.05) is 25.7 Å². The zero-order chi connectivity index (χ0) is 22.0. The van der Waals surface area contributed by atoms with Crippen LogP contribution in [0.15, 0.2) is 4.99 Å². The highest BCUT2D eigenvalue weighted by atomic mass is 127. The quantitative estimate of drug-likeness (QED) is 0.215. The summed E-state index contributed by atoms with van der Waals surface area (Å²) in [5.74, 6) is 1.88. The highest BCUT2D eigenvalue weighted by Gasteiger charge is 2.28. The summed E-state index contributed by atoms with van der Waals surface area (Å²) < 4.78 is 16.3. The van der Waals surface area contributed by atoms with Gasteiger partial charge in [-0.15, -0.1) is 24.0 Å². The van der Waals surface area contributed by atoms with E-state index in [0.717, 1.165) is 64.6 Å². The van der Waals surface area contributed by atoms with Gasteiger partial charge in [0.15, 0.2) is 5.96 Å². The van der Waals surface area contributed by atoms with E-state index in [4.69, 9.17) is 19.2 Å². The summed E-state index contributed by atoms with van der Waals surface area (Å²) in [6.07, 6.45) is 3.00. The number of hydrogen-bond donors (Lipinski definition) is 1. The average molecular weight is 555 g/mol. The molecule has 0 radical (unpaired) electrons. The lowest BCUT2D eigenvalue weighted by Crippen LogP contribution is -2.44. The molecule has 0 saturated carbocycles. The van der Waals surface area contributed by atoms with E-state index in [9.17, 15) is 4.79 Å². The van der Waals surface area contributed by atoms with Gasteiger partial charge in [0.1, 0.15) is 5.60 Å². The first-order chi connectivity index (χ1) is 14.3. The van der Waals surface area contributed by atoms with Gasteiger partial charge in [0, 0.05) is 52.3 Å². The maximum Gasteiger partial charge on any atom is 0.410 e. The Balaban J connectivity index is 0.00000480. The van der Waals surface area contributed by atoms with E-state index in [-0.39, 0.29) is 30.1 Å². The predicted octanol–water partition coefficient (Wildman–Crippen LogP) is 3.20. The molecule has 2 rings (SSSR count). The topological polar surface area (TPSA) is 75.6 Å². The fourth-order valence-electron chi connectivity index (χ4n) is 3.90. The molecule has 2 heterocycles. The van der Waals surface area contributed by atoms with E-state index in [1.165, 1.54) is 0 Å². The number of halogens is 1. The van der Waals surface area contributed by atoms with E-state index in [0.29, 0.717) is 31.6 Å². The second kappa shape index (κ2) is 14.4. The van der Waals surface area contributed by atoms with Gasteiger partial charge in [0.25, 0.3) is 0 Å². The van der Waals surface area contributed by atoms with Gasteiger partial charge in [-0.25, -0.2) is 4.79 Å². The van der Waals surface area contributed by atoms with E-state index < -0.39 is 5.60 Å². The van der Waals surface area contributed by atoms with Crippen LogP contribution in [0.1, 0.15) is 47.0 Å². The van der Waals surface area contributed by atoms with Crippen LogP contribution in [0.3, 0.4) is 0 Å². The molecule has 0 aromatic rings. The van der Waals surface area contributed by atoms with Gasteiger partial charge in [-0.05, 0) is 52.9 Å². The smallest absolute Gasteiger partial charge is 0.410 e. The highest BCUT2D eigenvalue weighted by molar-refractivity contribution is 14.0. The van der Waals surface area contributed by atoms with Crippen LogP contribution in [0.25, 0.3) is 0 Å². The number of piperidine rings is 1. The molecular weight excluding hydrogens is 511 g/mol. The maximum atomic E-state index is 12.4. The minimum Gasteiger partial charge on any atom is -0.444 e. The predicted molar refractivity (Wildman–Crippen MR) is 134 cm³/mol. The molecule has 8 nitrogen and oxygen atoms in total. The number of amides is 1. The third kappa shape index (κ3) is 10.6. The van der Waals surface area contributed by atoms with Crippen molar-refractivity contribution in [3.63, 3.8) is 0 Å². The molecule has 0 aliphatic carbocycles. The first-order valence-electron chi connectivity index (χ1n) is 11.4.